The number of nitrogens with one attached hydrogen (secondary N) is 1. The lowest BCUT2D eigenvalue weighted by Crippen LogP contribution is -2.50. The number of hydrogen-bond acceptors (Lipinski definition) is 3. The van der Waals surface area contributed by atoms with Crippen molar-refractivity contribution in [2.45, 2.75) is 32.2 Å². The van der Waals surface area contributed by atoms with E-state index < -0.39 is 5.54 Å². The van der Waals surface area contributed by atoms with Crippen molar-refractivity contribution < 1.29 is 9.90 Å². The van der Waals surface area contributed by atoms with E-state index in [1.54, 1.807) is 23.0 Å². The molecule has 0 spiro atoms. The summed E-state index contributed by atoms with van der Waals surface area (Å²) in [6.45, 7) is 3.86. The molecule has 1 aromatic heterocycles. The lowest BCUT2D eigenvalue weighted by Gasteiger charge is -2.28. The van der Waals surface area contributed by atoms with Crippen molar-refractivity contribution >= 4 is 5.91 Å². The summed E-state index contributed by atoms with van der Waals surface area (Å²) in [4.78, 5) is 12.4. The minimum absolute atomic E-state index is 0.0337. The van der Waals surface area contributed by atoms with Gasteiger partial charge in [0.25, 0.3) is 5.91 Å². The van der Waals surface area contributed by atoms with Crippen LogP contribution in [0.4, 0.5) is 0 Å². The fraction of sp³-hybridized carbons (Fsp3) is 0.412. The SMILES string of the molecule is Cc1cnn(-c2ccc(C(=O)NC(C)(CO)C3CC3)cc2)c1. The minimum atomic E-state index is -0.519. The molecule has 1 amide bonds. The van der Waals surface area contributed by atoms with Gasteiger partial charge in [-0.05, 0) is 62.4 Å². The Morgan fingerprint density at radius 1 is 1.41 bits per heavy atom. The maximum Gasteiger partial charge on any atom is 0.251 e. The Morgan fingerprint density at radius 3 is 2.59 bits per heavy atom. The first-order valence-electron chi connectivity index (χ1n) is 7.57. The van der Waals surface area contributed by atoms with E-state index in [1.807, 2.05) is 32.2 Å². The quantitative estimate of drug-likeness (QED) is 0.888. The van der Waals surface area contributed by atoms with Gasteiger partial charge in [0, 0.05) is 11.8 Å². The second-order valence-electron chi connectivity index (χ2n) is 6.31. The number of carbonyl (C=O) groups excluding carboxylic acids is 1. The number of carbonyl (C=O) groups is 1. The molecule has 1 heterocycles. The van der Waals surface area contributed by atoms with E-state index in [2.05, 4.69) is 10.4 Å². The zero-order valence-corrected chi connectivity index (χ0v) is 12.9. The number of rotatable bonds is 5. The predicted octanol–water partition coefficient (Wildman–Crippen LogP) is 2.07. The summed E-state index contributed by atoms with van der Waals surface area (Å²) in [6, 6.07) is 7.31. The predicted molar refractivity (Wildman–Crippen MR) is 84.0 cm³/mol. The van der Waals surface area contributed by atoms with Gasteiger partial charge in [-0.25, -0.2) is 4.68 Å². The minimum Gasteiger partial charge on any atom is -0.394 e. The van der Waals surface area contributed by atoms with E-state index >= 15 is 0 Å². The van der Waals surface area contributed by atoms with Gasteiger partial charge in [-0.15, -0.1) is 0 Å². The molecular weight excluding hydrogens is 278 g/mol. The smallest absolute Gasteiger partial charge is 0.251 e. The van der Waals surface area contributed by atoms with Gasteiger partial charge in [-0.1, -0.05) is 0 Å². The van der Waals surface area contributed by atoms with Gasteiger partial charge in [0.1, 0.15) is 0 Å². The maximum absolute atomic E-state index is 12.4. The zero-order valence-electron chi connectivity index (χ0n) is 12.9. The molecule has 3 rings (SSSR count). The average Bonchev–Trinajstić information content (AvgIpc) is 3.30. The van der Waals surface area contributed by atoms with Crippen LogP contribution < -0.4 is 5.32 Å². The third-order valence-electron chi connectivity index (χ3n) is 4.31. The highest BCUT2D eigenvalue weighted by atomic mass is 16.3. The van der Waals surface area contributed by atoms with Crippen LogP contribution in [0, 0.1) is 12.8 Å². The van der Waals surface area contributed by atoms with E-state index in [0.29, 0.717) is 11.5 Å². The molecule has 22 heavy (non-hydrogen) atoms. The molecule has 1 unspecified atom stereocenters. The van der Waals surface area contributed by atoms with Crippen LogP contribution in [0.1, 0.15) is 35.7 Å². The molecule has 1 saturated carbocycles. The number of amides is 1. The first-order valence-corrected chi connectivity index (χ1v) is 7.57. The molecule has 1 aliphatic carbocycles. The van der Waals surface area contributed by atoms with Crippen molar-refractivity contribution in [2.75, 3.05) is 6.61 Å². The molecule has 1 fully saturated rings. The molecule has 2 aromatic rings. The van der Waals surface area contributed by atoms with E-state index in [1.165, 1.54) is 0 Å². The summed E-state index contributed by atoms with van der Waals surface area (Å²) in [7, 11) is 0. The lowest BCUT2D eigenvalue weighted by atomic mass is 9.96. The molecule has 1 atom stereocenters. The molecule has 2 N–H and O–H groups in total. The summed E-state index contributed by atoms with van der Waals surface area (Å²) in [5, 5.41) is 16.8. The van der Waals surface area contributed by atoms with Gasteiger partial charge in [0.15, 0.2) is 0 Å². The fourth-order valence-corrected chi connectivity index (χ4v) is 2.64. The molecule has 5 nitrogen and oxygen atoms in total. The summed E-state index contributed by atoms with van der Waals surface area (Å²) in [5.74, 6) is 0.236. The Labute approximate surface area is 130 Å². The summed E-state index contributed by atoms with van der Waals surface area (Å²) in [5.41, 5.74) is 2.07. The van der Waals surface area contributed by atoms with Crippen molar-refractivity contribution in [3.05, 3.63) is 47.8 Å². The fourth-order valence-electron chi connectivity index (χ4n) is 2.64. The van der Waals surface area contributed by atoms with Crippen LogP contribution in [0.5, 0.6) is 0 Å². The Balaban J connectivity index is 1.73. The Kier molecular flexibility index (Phi) is 3.74. The molecule has 0 saturated heterocycles. The highest BCUT2D eigenvalue weighted by Gasteiger charge is 2.42. The van der Waals surface area contributed by atoms with E-state index in [-0.39, 0.29) is 12.5 Å². The normalized spacial score (nSPS) is 17.0. The number of aliphatic hydroxyl groups excluding tert-OH is 1. The maximum atomic E-state index is 12.4. The first kappa shape index (κ1) is 14.8. The summed E-state index contributed by atoms with van der Waals surface area (Å²) in [6.07, 6.45) is 5.86. The Bertz CT molecular complexity index is 673. The van der Waals surface area contributed by atoms with Crippen molar-refractivity contribution in [2.24, 2.45) is 5.92 Å². The molecule has 116 valence electrons. The third kappa shape index (κ3) is 2.90. The van der Waals surface area contributed by atoms with E-state index in [4.69, 9.17) is 0 Å². The number of nitrogens with zero attached hydrogens (tertiary/aromatic N) is 2. The van der Waals surface area contributed by atoms with Crippen LogP contribution >= 0.6 is 0 Å². The summed E-state index contributed by atoms with van der Waals surface area (Å²) < 4.78 is 1.78. The van der Waals surface area contributed by atoms with Crippen LogP contribution in [0.2, 0.25) is 0 Å². The number of aryl methyl sites for hydroxylation is 1. The highest BCUT2D eigenvalue weighted by Crippen LogP contribution is 2.39. The van der Waals surface area contributed by atoms with Crippen LogP contribution in [-0.2, 0) is 0 Å². The third-order valence-corrected chi connectivity index (χ3v) is 4.31. The van der Waals surface area contributed by atoms with Gasteiger partial charge >= 0.3 is 0 Å². The molecular formula is C17H21N3O2. The van der Waals surface area contributed by atoms with Crippen molar-refractivity contribution in [3.8, 4) is 5.69 Å². The van der Waals surface area contributed by atoms with Crippen molar-refractivity contribution in [1.29, 1.82) is 0 Å². The second-order valence-corrected chi connectivity index (χ2v) is 6.31. The van der Waals surface area contributed by atoms with Crippen LogP contribution in [0.25, 0.3) is 5.69 Å². The van der Waals surface area contributed by atoms with Gasteiger partial charge in [0.05, 0.1) is 24.0 Å². The molecule has 1 aromatic carbocycles. The van der Waals surface area contributed by atoms with Gasteiger partial charge in [-0.2, -0.15) is 5.10 Å². The lowest BCUT2D eigenvalue weighted by molar-refractivity contribution is 0.0824. The van der Waals surface area contributed by atoms with E-state index in [0.717, 1.165) is 24.1 Å². The largest absolute Gasteiger partial charge is 0.394 e. The molecule has 0 radical (unpaired) electrons. The average molecular weight is 299 g/mol. The number of benzene rings is 1. The van der Waals surface area contributed by atoms with Gasteiger partial charge in [-0.3, -0.25) is 4.79 Å². The van der Waals surface area contributed by atoms with Crippen molar-refractivity contribution in [1.82, 2.24) is 15.1 Å². The van der Waals surface area contributed by atoms with Gasteiger partial charge in [0.2, 0.25) is 0 Å². The number of aromatic nitrogens is 2. The number of aliphatic hydroxyl groups is 1. The summed E-state index contributed by atoms with van der Waals surface area (Å²) >= 11 is 0. The highest BCUT2D eigenvalue weighted by molar-refractivity contribution is 5.94. The molecule has 0 bridgehead atoms. The zero-order chi connectivity index (χ0) is 15.7. The second kappa shape index (κ2) is 5.57. The standard InChI is InChI=1S/C17H21N3O2/c1-12-9-18-20(10-12)15-7-3-13(4-8-15)16(22)19-17(2,11-21)14-5-6-14/h3-4,7-10,14,21H,5-6,11H2,1-2H3,(H,19,22). The van der Waals surface area contributed by atoms with E-state index in [9.17, 15) is 9.90 Å². The van der Waals surface area contributed by atoms with Crippen LogP contribution in [0.3, 0.4) is 0 Å². The Morgan fingerprint density at radius 2 is 2.09 bits per heavy atom. The van der Waals surface area contributed by atoms with Crippen LogP contribution in [-0.4, -0.2) is 32.9 Å². The molecule has 1 aliphatic rings. The van der Waals surface area contributed by atoms with Gasteiger partial charge < -0.3 is 10.4 Å². The van der Waals surface area contributed by atoms with Crippen LogP contribution in [0.15, 0.2) is 36.7 Å². The van der Waals surface area contributed by atoms with Crippen molar-refractivity contribution in [3.63, 3.8) is 0 Å². The first-order chi connectivity index (χ1) is 10.5. The monoisotopic (exact) mass is 299 g/mol. The molecule has 5 heteroatoms. The number of hydrogen-bond donors (Lipinski definition) is 2. The Hall–Kier alpha value is -2.14. The topological polar surface area (TPSA) is 67.2 Å². The molecule has 0 aliphatic heterocycles.